The average Bonchev–Trinajstić information content (AvgIpc) is 3.10. The first-order valence-corrected chi connectivity index (χ1v) is 12.3. The molecular formula is C19H41IN4O2S. The minimum atomic E-state index is -2.93. The van der Waals surface area contributed by atoms with Crippen molar-refractivity contribution in [1.29, 1.82) is 0 Å². The van der Waals surface area contributed by atoms with Gasteiger partial charge < -0.3 is 10.6 Å². The highest BCUT2D eigenvalue weighted by molar-refractivity contribution is 14.0. The molecule has 1 fully saturated rings. The van der Waals surface area contributed by atoms with Gasteiger partial charge in [-0.1, -0.05) is 26.7 Å². The third-order valence-corrected chi connectivity index (χ3v) is 6.27. The second-order valence-electron chi connectivity index (χ2n) is 7.57. The summed E-state index contributed by atoms with van der Waals surface area (Å²) < 4.78 is 22.7. The summed E-state index contributed by atoms with van der Waals surface area (Å²) in [5.41, 5.74) is 0. The fourth-order valence-electron chi connectivity index (χ4n) is 3.67. The lowest BCUT2D eigenvalue weighted by molar-refractivity contribution is 0.171. The minimum absolute atomic E-state index is 0. The number of guanidine groups is 1. The largest absolute Gasteiger partial charge is 0.357 e. The van der Waals surface area contributed by atoms with E-state index in [1.54, 1.807) is 0 Å². The van der Waals surface area contributed by atoms with E-state index in [0.717, 1.165) is 19.0 Å². The van der Waals surface area contributed by atoms with Crippen LogP contribution in [0.25, 0.3) is 0 Å². The number of aliphatic imine (C=N–C) groups is 1. The quantitative estimate of drug-likeness (QED) is 0.251. The Bertz CT molecular complexity index is 516. The van der Waals surface area contributed by atoms with Gasteiger partial charge in [0, 0.05) is 24.9 Å². The fraction of sp³-hybridized carbons (Fsp3) is 0.947. The summed E-state index contributed by atoms with van der Waals surface area (Å²) in [5, 5.41) is 6.67. The van der Waals surface area contributed by atoms with Gasteiger partial charge >= 0.3 is 0 Å². The molecule has 0 aromatic heterocycles. The smallest absolute Gasteiger partial charge is 0.191 e. The van der Waals surface area contributed by atoms with E-state index in [1.807, 2.05) is 6.92 Å². The van der Waals surface area contributed by atoms with Crippen LogP contribution < -0.4 is 10.6 Å². The molecule has 0 aromatic rings. The second-order valence-corrected chi connectivity index (χ2v) is 9.83. The van der Waals surface area contributed by atoms with Crippen LogP contribution in [-0.4, -0.2) is 69.5 Å². The van der Waals surface area contributed by atoms with Crippen molar-refractivity contribution in [2.45, 2.75) is 71.9 Å². The van der Waals surface area contributed by atoms with Gasteiger partial charge in [-0.15, -0.1) is 24.0 Å². The maximum absolute atomic E-state index is 11.4. The van der Waals surface area contributed by atoms with Gasteiger partial charge in [0.15, 0.2) is 5.96 Å². The van der Waals surface area contributed by atoms with Gasteiger partial charge in [-0.2, -0.15) is 0 Å². The summed E-state index contributed by atoms with van der Waals surface area (Å²) in [5.74, 6) is 1.66. The molecule has 27 heavy (non-hydrogen) atoms. The van der Waals surface area contributed by atoms with Gasteiger partial charge in [0.05, 0.1) is 12.3 Å². The SMILES string of the molecule is CCNC(=NCC(C(CC)CC)N1CCCC1)NC(C)CCS(C)(=O)=O.I. The number of likely N-dealkylation sites (tertiary alicyclic amines) is 1. The van der Waals surface area contributed by atoms with Crippen molar-refractivity contribution in [3.05, 3.63) is 0 Å². The third-order valence-electron chi connectivity index (χ3n) is 5.29. The standard InChI is InChI=1S/C19H40N4O2S.HI/c1-6-17(7-2)18(23-12-9-10-13-23)15-21-19(20-8-3)22-16(4)11-14-26(5,24)25;/h16-18H,6-15H2,1-5H3,(H2,20,21,22);1H. The van der Waals surface area contributed by atoms with E-state index in [0.29, 0.717) is 18.4 Å². The van der Waals surface area contributed by atoms with Crippen molar-refractivity contribution in [1.82, 2.24) is 15.5 Å². The van der Waals surface area contributed by atoms with Gasteiger partial charge in [0.2, 0.25) is 0 Å². The predicted octanol–water partition coefficient (Wildman–Crippen LogP) is 2.88. The molecule has 0 spiro atoms. The highest BCUT2D eigenvalue weighted by Crippen LogP contribution is 2.23. The summed E-state index contributed by atoms with van der Waals surface area (Å²) in [7, 11) is -2.93. The molecule has 0 aromatic carbocycles. The molecular weight excluding hydrogens is 475 g/mol. The number of hydrogen-bond acceptors (Lipinski definition) is 4. The Labute approximate surface area is 184 Å². The van der Waals surface area contributed by atoms with Crippen LogP contribution in [0.4, 0.5) is 0 Å². The van der Waals surface area contributed by atoms with Crippen molar-refractivity contribution in [2.75, 3.05) is 38.2 Å². The van der Waals surface area contributed by atoms with E-state index in [-0.39, 0.29) is 35.8 Å². The Balaban J connectivity index is 0.00000676. The Morgan fingerprint density at radius 3 is 2.22 bits per heavy atom. The molecule has 0 radical (unpaired) electrons. The van der Waals surface area contributed by atoms with E-state index in [1.165, 1.54) is 45.0 Å². The van der Waals surface area contributed by atoms with Gasteiger partial charge in [0.1, 0.15) is 9.84 Å². The highest BCUT2D eigenvalue weighted by atomic mass is 127. The zero-order chi connectivity index (χ0) is 19.6. The van der Waals surface area contributed by atoms with Crippen LogP contribution in [0.2, 0.25) is 0 Å². The molecule has 1 rings (SSSR count). The Kier molecular flexibility index (Phi) is 13.9. The maximum Gasteiger partial charge on any atom is 0.191 e. The van der Waals surface area contributed by atoms with Crippen LogP contribution in [0.15, 0.2) is 4.99 Å². The monoisotopic (exact) mass is 516 g/mol. The lowest BCUT2D eigenvalue weighted by Crippen LogP contribution is -2.45. The highest BCUT2D eigenvalue weighted by Gasteiger charge is 2.27. The molecule has 0 saturated carbocycles. The molecule has 1 saturated heterocycles. The first kappa shape index (κ1) is 26.9. The molecule has 0 amide bonds. The number of nitrogens with one attached hydrogen (secondary N) is 2. The van der Waals surface area contributed by atoms with Crippen LogP contribution in [0.5, 0.6) is 0 Å². The summed E-state index contributed by atoms with van der Waals surface area (Å²) in [6.07, 6.45) is 6.83. The van der Waals surface area contributed by atoms with E-state index < -0.39 is 9.84 Å². The van der Waals surface area contributed by atoms with Gasteiger partial charge in [-0.3, -0.25) is 9.89 Å². The van der Waals surface area contributed by atoms with E-state index in [2.05, 4.69) is 36.3 Å². The molecule has 1 aliphatic heterocycles. The first-order valence-electron chi connectivity index (χ1n) is 10.3. The van der Waals surface area contributed by atoms with Gasteiger partial charge in [0.25, 0.3) is 0 Å². The molecule has 162 valence electrons. The minimum Gasteiger partial charge on any atom is -0.357 e. The average molecular weight is 517 g/mol. The first-order chi connectivity index (χ1) is 12.3. The summed E-state index contributed by atoms with van der Waals surface area (Å²) in [6.45, 7) is 12.6. The Hall–Kier alpha value is -0.0900. The molecule has 8 heteroatoms. The molecule has 0 aliphatic carbocycles. The van der Waals surface area contributed by atoms with Crippen molar-refractivity contribution < 1.29 is 8.42 Å². The molecule has 2 unspecified atom stereocenters. The maximum atomic E-state index is 11.4. The van der Waals surface area contributed by atoms with Crippen molar-refractivity contribution in [3.8, 4) is 0 Å². The van der Waals surface area contributed by atoms with Crippen LogP contribution in [0.3, 0.4) is 0 Å². The fourth-order valence-corrected chi connectivity index (χ4v) is 4.45. The normalized spacial score (nSPS) is 18.2. The van der Waals surface area contributed by atoms with E-state index in [9.17, 15) is 8.42 Å². The molecule has 1 aliphatic rings. The Morgan fingerprint density at radius 2 is 1.74 bits per heavy atom. The van der Waals surface area contributed by atoms with E-state index >= 15 is 0 Å². The van der Waals surface area contributed by atoms with Gasteiger partial charge in [-0.25, -0.2) is 8.42 Å². The van der Waals surface area contributed by atoms with Gasteiger partial charge in [-0.05, 0) is 52.1 Å². The zero-order valence-electron chi connectivity index (χ0n) is 17.8. The molecule has 0 bridgehead atoms. The summed E-state index contributed by atoms with van der Waals surface area (Å²) in [6, 6.07) is 0.565. The summed E-state index contributed by atoms with van der Waals surface area (Å²) >= 11 is 0. The molecule has 2 N–H and O–H groups in total. The van der Waals surface area contributed by atoms with Crippen LogP contribution >= 0.6 is 24.0 Å². The van der Waals surface area contributed by atoms with Crippen molar-refractivity contribution in [2.24, 2.45) is 10.9 Å². The molecule has 2 atom stereocenters. The van der Waals surface area contributed by atoms with Crippen molar-refractivity contribution in [3.63, 3.8) is 0 Å². The Morgan fingerprint density at radius 1 is 1.15 bits per heavy atom. The summed E-state index contributed by atoms with van der Waals surface area (Å²) in [4.78, 5) is 7.47. The third kappa shape index (κ3) is 10.9. The number of nitrogens with zero attached hydrogens (tertiary/aromatic N) is 2. The van der Waals surface area contributed by atoms with Crippen LogP contribution in [-0.2, 0) is 9.84 Å². The van der Waals surface area contributed by atoms with Crippen LogP contribution in [0.1, 0.15) is 59.8 Å². The van der Waals surface area contributed by atoms with E-state index in [4.69, 9.17) is 4.99 Å². The lowest BCUT2D eigenvalue weighted by atomic mass is 9.93. The number of halogens is 1. The number of hydrogen-bond donors (Lipinski definition) is 2. The number of rotatable bonds is 11. The number of sulfone groups is 1. The molecule has 1 heterocycles. The van der Waals surface area contributed by atoms with Crippen LogP contribution in [0, 0.1) is 5.92 Å². The zero-order valence-corrected chi connectivity index (χ0v) is 21.0. The van der Waals surface area contributed by atoms with Crippen molar-refractivity contribution >= 4 is 39.8 Å². The molecule has 6 nitrogen and oxygen atoms in total. The lowest BCUT2D eigenvalue weighted by Gasteiger charge is -2.33. The second kappa shape index (κ2) is 14.0. The predicted molar refractivity (Wildman–Crippen MR) is 127 cm³/mol. The topological polar surface area (TPSA) is 73.8 Å².